The van der Waals surface area contributed by atoms with Gasteiger partial charge in [0.1, 0.15) is 0 Å². The minimum atomic E-state index is 0.199. The summed E-state index contributed by atoms with van der Waals surface area (Å²) in [5, 5.41) is 0. The SMILES string of the molecule is CC(C)(C)N1CC(c2ccccc2)CC1c1ccccc1C1CC1. The van der Waals surface area contributed by atoms with Gasteiger partial charge in [-0.05, 0) is 68.6 Å². The number of benzene rings is 2. The zero-order valence-electron chi connectivity index (χ0n) is 15.2. The van der Waals surface area contributed by atoms with Crippen LogP contribution < -0.4 is 0 Å². The number of rotatable bonds is 3. The Balaban J connectivity index is 1.70. The summed E-state index contributed by atoms with van der Waals surface area (Å²) in [6.45, 7) is 8.27. The number of nitrogens with zero attached hydrogens (tertiary/aromatic N) is 1. The Labute approximate surface area is 146 Å². The molecule has 1 nitrogen and oxygen atoms in total. The van der Waals surface area contributed by atoms with E-state index in [4.69, 9.17) is 0 Å². The molecule has 1 aliphatic heterocycles. The molecule has 4 rings (SSSR count). The molecule has 0 amide bonds. The van der Waals surface area contributed by atoms with E-state index in [9.17, 15) is 0 Å². The van der Waals surface area contributed by atoms with E-state index in [0.29, 0.717) is 12.0 Å². The van der Waals surface area contributed by atoms with E-state index in [0.717, 1.165) is 12.5 Å². The first-order valence-electron chi connectivity index (χ1n) is 9.44. The van der Waals surface area contributed by atoms with Gasteiger partial charge >= 0.3 is 0 Å². The van der Waals surface area contributed by atoms with Crippen molar-refractivity contribution >= 4 is 0 Å². The van der Waals surface area contributed by atoms with Crippen molar-refractivity contribution in [3.8, 4) is 0 Å². The van der Waals surface area contributed by atoms with E-state index in [2.05, 4.69) is 80.3 Å². The Morgan fingerprint density at radius 3 is 2.04 bits per heavy atom. The molecule has 2 unspecified atom stereocenters. The molecule has 0 spiro atoms. The fraction of sp³-hybridized carbons (Fsp3) is 0.478. The quantitative estimate of drug-likeness (QED) is 0.681. The summed E-state index contributed by atoms with van der Waals surface area (Å²) in [6, 6.07) is 20.9. The van der Waals surface area contributed by atoms with Crippen LogP contribution in [0.1, 0.15) is 74.6 Å². The van der Waals surface area contributed by atoms with Gasteiger partial charge in [0, 0.05) is 18.1 Å². The standard InChI is InChI=1S/C23H29N/c1-23(2,3)24-16-19(17-9-5-4-6-10-17)15-22(24)21-12-8-7-11-20(21)18-13-14-18/h4-12,18-19,22H,13-16H2,1-3H3. The van der Waals surface area contributed by atoms with E-state index in [1.807, 2.05) is 0 Å². The average molecular weight is 319 g/mol. The minimum Gasteiger partial charge on any atom is -0.291 e. The van der Waals surface area contributed by atoms with Crippen LogP contribution >= 0.6 is 0 Å². The summed E-state index contributed by atoms with van der Waals surface area (Å²) in [7, 11) is 0. The van der Waals surface area contributed by atoms with Gasteiger partial charge in [-0.3, -0.25) is 4.90 Å². The fourth-order valence-corrected chi connectivity index (χ4v) is 4.42. The Kier molecular flexibility index (Phi) is 4.00. The van der Waals surface area contributed by atoms with Gasteiger partial charge in [0.2, 0.25) is 0 Å². The monoisotopic (exact) mass is 319 g/mol. The molecule has 1 saturated heterocycles. The van der Waals surface area contributed by atoms with E-state index >= 15 is 0 Å². The van der Waals surface area contributed by atoms with Crippen LogP contribution in [0.4, 0.5) is 0 Å². The van der Waals surface area contributed by atoms with E-state index < -0.39 is 0 Å². The van der Waals surface area contributed by atoms with Crippen molar-refractivity contribution in [3.05, 3.63) is 71.3 Å². The first kappa shape index (κ1) is 15.9. The minimum absolute atomic E-state index is 0.199. The molecule has 1 aliphatic carbocycles. The van der Waals surface area contributed by atoms with Crippen molar-refractivity contribution in [2.24, 2.45) is 0 Å². The third-order valence-electron chi connectivity index (χ3n) is 5.81. The molecule has 2 atom stereocenters. The summed E-state index contributed by atoms with van der Waals surface area (Å²) in [4.78, 5) is 2.74. The second-order valence-electron chi connectivity index (χ2n) is 8.59. The predicted molar refractivity (Wildman–Crippen MR) is 101 cm³/mol. The molecule has 126 valence electrons. The summed E-state index contributed by atoms with van der Waals surface area (Å²) >= 11 is 0. The smallest absolute Gasteiger partial charge is 0.0362 e. The van der Waals surface area contributed by atoms with E-state index in [1.54, 1.807) is 11.1 Å². The van der Waals surface area contributed by atoms with Gasteiger partial charge in [-0.2, -0.15) is 0 Å². The van der Waals surface area contributed by atoms with Crippen LogP contribution in [0.2, 0.25) is 0 Å². The summed E-state index contributed by atoms with van der Waals surface area (Å²) in [5.74, 6) is 1.46. The molecule has 1 saturated carbocycles. The van der Waals surface area contributed by atoms with Gasteiger partial charge in [-0.1, -0.05) is 54.6 Å². The van der Waals surface area contributed by atoms with Crippen LogP contribution in [0.25, 0.3) is 0 Å². The maximum Gasteiger partial charge on any atom is 0.0362 e. The number of hydrogen-bond donors (Lipinski definition) is 0. The molecule has 2 aromatic rings. The highest BCUT2D eigenvalue weighted by molar-refractivity contribution is 5.37. The van der Waals surface area contributed by atoms with Gasteiger partial charge in [0.15, 0.2) is 0 Å². The lowest BCUT2D eigenvalue weighted by atomic mass is 9.90. The zero-order chi connectivity index (χ0) is 16.7. The van der Waals surface area contributed by atoms with Crippen molar-refractivity contribution in [2.45, 2.75) is 63.5 Å². The molecule has 2 aromatic carbocycles. The molecule has 0 radical (unpaired) electrons. The van der Waals surface area contributed by atoms with Crippen molar-refractivity contribution in [2.75, 3.05) is 6.54 Å². The van der Waals surface area contributed by atoms with Gasteiger partial charge in [0.25, 0.3) is 0 Å². The van der Waals surface area contributed by atoms with Crippen molar-refractivity contribution in [3.63, 3.8) is 0 Å². The maximum absolute atomic E-state index is 2.74. The maximum atomic E-state index is 2.74. The molecule has 2 fully saturated rings. The Morgan fingerprint density at radius 2 is 1.42 bits per heavy atom. The normalized spacial score (nSPS) is 25.1. The van der Waals surface area contributed by atoms with Crippen LogP contribution in [0.3, 0.4) is 0 Å². The second kappa shape index (κ2) is 6.04. The van der Waals surface area contributed by atoms with E-state index in [-0.39, 0.29) is 5.54 Å². The molecule has 1 heteroatoms. The topological polar surface area (TPSA) is 3.24 Å². The van der Waals surface area contributed by atoms with Gasteiger partial charge in [-0.15, -0.1) is 0 Å². The largest absolute Gasteiger partial charge is 0.291 e. The molecule has 0 bridgehead atoms. The zero-order valence-corrected chi connectivity index (χ0v) is 15.2. The second-order valence-corrected chi connectivity index (χ2v) is 8.59. The highest BCUT2D eigenvalue weighted by Crippen LogP contribution is 2.49. The van der Waals surface area contributed by atoms with Crippen LogP contribution in [-0.4, -0.2) is 17.0 Å². The van der Waals surface area contributed by atoms with Crippen LogP contribution in [0.15, 0.2) is 54.6 Å². The van der Waals surface area contributed by atoms with Gasteiger partial charge < -0.3 is 0 Å². The molecule has 2 aliphatic rings. The summed E-state index contributed by atoms with van der Waals surface area (Å²) < 4.78 is 0. The molecule has 0 aromatic heterocycles. The number of hydrogen-bond acceptors (Lipinski definition) is 1. The first-order valence-corrected chi connectivity index (χ1v) is 9.44. The van der Waals surface area contributed by atoms with Crippen molar-refractivity contribution < 1.29 is 0 Å². The van der Waals surface area contributed by atoms with Crippen LogP contribution in [0, 0.1) is 0 Å². The van der Waals surface area contributed by atoms with Crippen LogP contribution in [0.5, 0.6) is 0 Å². The van der Waals surface area contributed by atoms with Crippen LogP contribution in [-0.2, 0) is 0 Å². The third kappa shape index (κ3) is 3.02. The molecule has 1 heterocycles. The highest BCUT2D eigenvalue weighted by Gasteiger charge is 2.41. The lowest BCUT2D eigenvalue weighted by Crippen LogP contribution is -2.41. The molecule has 0 N–H and O–H groups in total. The summed E-state index contributed by atoms with van der Waals surface area (Å²) in [6.07, 6.45) is 3.99. The van der Waals surface area contributed by atoms with Gasteiger partial charge in [0.05, 0.1) is 0 Å². The first-order chi connectivity index (χ1) is 11.5. The lowest BCUT2D eigenvalue weighted by molar-refractivity contribution is 0.120. The molecular formula is C23H29N. The Morgan fingerprint density at radius 1 is 0.792 bits per heavy atom. The Hall–Kier alpha value is -1.60. The molecular weight excluding hydrogens is 290 g/mol. The molecule has 24 heavy (non-hydrogen) atoms. The fourth-order valence-electron chi connectivity index (χ4n) is 4.42. The number of likely N-dealkylation sites (tertiary alicyclic amines) is 1. The average Bonchev–Trinajstić information content (AvgIpc) is 3.32. The van der Waals surface area contributed by atoms with Crippen molar-refractivity contribution in [1.82, 2.24) is 4.90 Å². The summed E-state index contributed by atoms with van der Waals surface area (Å²) in [5.41, 5.74) is 4.90. The highest BCUT2D eigenvalue weighted by atomic mass is 15.2. The van der Waals surface area contributed by atoms with E-state index in [1.165, 1.54) is 24.8 Å². The third-order valence-corrected chi connectivity index (χ3v) is 5.81. The van der Waals surface area contributed by atoms with Gasteiger partial charge in [-0.25, -0.2) is 0 Å². The predicted octanol–water partition coefficient (Wildman–Crippen LogP) is 5.89. The van der Waals surface area contributed by atoms with Crippen molar-refractivity contribution in [1.29, 1.82) is 0 Å². The lowest BCUT2D eigenvalue weighted by Gasteiger charge is -2.38. The Bertz CT molecular complexity index is 693.